The number of nitriles is 1. The fraction of sp³-hybridized carbons (Fsp3) is 0.600. The quantitative estimate of drug-likeness (QED) is 0.850. The minimum Gasteiger partial charge on any atom is -0.355 e. The Morgan fingerprint density at radius 3 is 3.00 bits per heavy atom. The summed E-state index contributed by atoms with van der Waals surface area (Å²) in [4.78, 5) is 6.76. The standard InChI is InChI=1S/C15H22N4/c1-2-3-9-19(12-14-5-4-8-17-14)15-7-6-13(10-16)11-18-15/h6-7,11,14,17H,2-5,8-9,12H2,1H3. The van der Waals surface area contributed by atoms with Crippen LogP contribution in [0, 0.1) is 11.3 Å². The number of nitrogens with zero attached hydrogens (tertiary/aromatic N) is 3. The van der Waals surface area contributed by atoms with E-state index in [0.29, 0.717) is 11.6 Å². The maximum absolute atomic E-state index is 8.82. The maximum Gasteiger partial charge on any atom is 0.128 e. The molecule has 1 N–H and O–H groups in total. The molecule has 0 bridgehead atoms. The predicted molar refractivity (Wildman–Crippen MR) is 77.1 cm³/mol. The summed E-state index contributed by atoms with van der Waals surface area (Å²) in [7, 11) is 0. The number of unbranched alkanes of at least 4 members (excludes halogenated alkanes) is 1. The highest BCUT2D eigenvalue weighted by atomic mass is 15.2. The van der Waals surface area contributed by atoms with Crippen molar-refractivity contribution in [2.24, 2.45) is 0 Å². The predicted octanol–water partition coefficient (Wildman–Crippen LogP) is 2.31. The van der Waals surface area contributed by atoms with Gasteiger partial charge in [-0.2, -0.15) is 5.26 Å². The lowest BCUT2D eigenvalue weighted by atomic mass is 10.2. The summed E-state index contributed by atoms with van der Waals surface area (Å²) in [5, 5.41) is 12.4. The molecule has 2 rings (SSSR count). The van der Waals surface area contributed by atoms with Gasteiger partial charge in [-0.25, -0.2) is 4.98 Å². The third kappa shape index (κ3) is 3.93. The van der Waals surface area contributed by atoms with E-state index in [1.807, 2.05) is 12.1 Å². The molecule has 1 atom stereocenters. The van der Waals surface area contributed by atoms with Crippen molar-refractivity contribution >= 4 is 5.82 Å². The Hall–Kier alpha value is -1.60. The lowest BCUT2D eigenvalue weighted by molar-refractivity contribution is 0.569. The van der Waals surface area contributed by atoms with Gasteiger partial charge in [-0.3, -0.25) is 0 Å². The van der Waals surface area contributed by atoms with E-state index in [0.717, 1.165) is 25.5 Å². The van der Waals surface area contributed by atoms with Gasteiger partial charge in [-0.15, -0.1) is 0 Å². The molecule has 19 heavy (non-hydrogen) atoms. The zero-order valence-corrected chi connectivity index (χ0v) is 11.6. The topological polar surface area (TPSA) is 52.0 Å². The lowest BCUT2D eigenvalue weighted by Gasteiger charge is -2.26. The average molecular weight is 258 g/mol. The Bertz CT molecular complexity index is 415. The van der Waals surface area contributed by atoms with Crippen molar-refractivity contribution in [2.75, 3.05) is 24.5 Å². The number of rotatable bonds is 6. The van der Waals surface area contributed by atoms with E-state index >= 15 is 0 Å². The summed E-state index contributed by atoms with van der Waals surface area (Å²) in [6, 6.07) is 6.51. The Labute approximate surface area is 115 Å². The smallest absolute Gasteiger partial charge is 0.128 e. The van der Waals surface area contributed by atoms with Gasteiger partial charge in [0.05, 0.1) is 5.56 Å². The number of hydrogen-bond donors (Lipinski definition) is 1. The molecule has 0 saturated carbocycles. The molecule has 1 aromatic heterocycles. The van der Waals surface area contributed by atoms with E-state index in [9.17, 15) is 0 Å². The van der Waals surface area contributed by atoms with Crippen molar-refractivity contribution in [2.45, 2.75) is 38.6 Å². The van der Waals surface area contributed by atoms with Crippen LogP contribution < -0.4 is 10.2 Å². The molecule has 4 nitrogen and oxygen atoms in total. The van der Waals surface area contributed by atoms with Crippen LogP contribution in [0.3, 0.4) is 0 Å². The largest absolute Gasteiger partial charge is 0.355 e. The average Bonchev–Trinajstić information content (AvgIpc) is 2.96. The molecule has 1 aliphatic rings. The van der Waals surface area contributed by atoms with Crippen molar-refractivity contribution in [1.82, 2.24) is 10.3 Å². The van der Waals surface area contributed by atoms with Gasteiger partial charge in [0.2, 0.25) is 0 Å². The monoisotopic (exact) mass is 258 g/mol. The first kappa shape index (κ1) is 13.8. The summed E-state index contributed by atoms with van der Waals surface area (Å²) in [5.74, 6) is 0.987. The van der Waals surface area contributed by atoms with Crippen LogP contribution in [0.15, 0.2) is 18.3 Å². The Morgan fingerprint density at radius 1 is 1.53 bits per heavy atom. The number of aromatic nitrogens is 1. The number of hydrogen-bond acceptors (Lipinski definition) is 4. The van der Waals surface area contributed by atoms with Crippen molar-refractivity contribution in [1.29, 1.82) is 5.26 Å². The van der Waals surface area contributed by atoms with Gasteiger partial charge in [0, 0.05) is 25.3 Å². The fourth-order valence-corrected chi connectivity index (χ4v) is 2.47. The summed E-state index contributed by atoms with van der Waals surface area (Å²) in [6.45, 7) is 5.39. The van der Waals surface area contributed by atoms with Gasteiger partial charge in [-0.05, 0) is 37.9 Å². The van der Waals surface area contributed by atoms with Crippen LogP contribution in [0.4, 0.5) is 5.82 Å². The van der Waals surface area contributed by atoms with Gasteiger partial charge in [0.1, 0.15) is 11.9 Å². The second-order valence-corrected chi connectivity index (χ2v) is 5.11. The molecule has 4 heteroatoms. The Kier molecular flexibility index (Phi) is 5.17. The maximum atomic E-state index is 8.82. The van der Waals surface area contributed by atoms with Gasteiger partial charge in [-0.1, -0.05) is 13.3 Å². The summed E-state index contributed by atoms with van der Waals surface area (Å²) in [6.07, 6.45) is 6.54. The van der Waals surface area contributed by atoms with Crippen molar-refractivity contribution in [3.63, 3.8) is 0 Å². The van der Waals surface area contributed by atoms with E-state index in [1.54, 1.807) is 6.20 Å². The van der Waals surface area contributed by atoms with Gasteiger partial charge < -0.3 is 10.2 Å². The van der Waals surface area contributed by atoms with Gasteiger partial charge >= 0.3 is 0 Å². The SMILES string of the molecule is CCCCN(CC1CCCN1)c1ccc(C#N)cn1. The molecule has 1 aromatic rings. The molecule has 1 aliphatic heterocycles. The molecular formula is C15H22N4. The first-order chi connectivity index (χ1) is 9.33. The van der Waals surface area contributed by atoms with Crippen LogP contribution in [0.25, 0.3) is 0 Å². The van der Waals surface area contributed by atoms with Crippen LogP contribution >= 0.6 is 0 Å². The highest BCUT2D eigenvalue weighted by Gasteiger charge is 2.18. The van der Waals surface area contributed by atoms with Crippen LogP contribution in [-0.4, -0.2) is 30.7 Å². The molecule has 102 valence electrons. The fourth-order valence-electron chi connectivity index (χ4n) is 2.47. The molecule has 1 fully saturated rings. The lowest BCUT2D eigenvalue weighted by Crippen LogP contribution is -2.38. The third-order valence-corrected chi connectivity index (χ3v) is 3.59. The highest BCUT2D eigenvalue weighted by molar-refractivity contribution is 5.42. The minimum absolute atomic E-state index is 0.578. The number of pyridine rings is 1. The number of anilines is 1. The third-order valence-electron chi connectivity index (χ3n) is 3.59. The van der Waals surface area contributed by atoms with E-state index in [2.05, 4.69) is 28.2 Å². The molecule has 0 radical (unpaired) electrons. The van der Waals surface area contributed by atoms with Crippen molar-refractivity contribution < 1.29 is 0 Å². The molecular weight excluding hydrogens is 236 g/mol. The molecule has 0 spiro atoms. The van der Waals surface area contributed by atoms with E-state index in [1.165, 1.54) is 25.7 Å². The summed E-state index contributed by atoms with van der Waals surface area (Å²) in [5.41, 5.74) is 0.623. The second-order valence-electron chi connectivity index (χ2n) is 5.11. The van der Waals surface area contributed by atoms with Crippen LogP contribution in [-0.2, 0) is 0 Å². The highest BCUT2D eigenvalue weighted by Crippen LogP contribution is 2.15. The van der Waals surface area contributed by atoms with E-state index in [-0.39, 0.29) is 0 Å². The zero-order chi connectivity index (χ0) is 13.5. The molecule has 1 unspecified atom stereocenters. The molecule has 0 aromatic carbocycles. The van der Waals surface area contributed by atoms with Crippen LogP contribution in [0.1, 0.15) is 38.2 Å². The van der Waals surface area contributed by atoms with Gasteiger partial charge in [0.25, 0.3) is 0 Å². The number of nitrogens with one attached hydrogen (secondary N) is 1. The Morgan fingerprint density at radius 2 is 2.42 bits per heavy atom. The second kappa shape index (κ2) is 7.10. The minimum atomic E-state index is 0.578. The van der Waals surface area contributed by atoms with E-state index < -0.39 is 0 Å². The first-order valence-corrected chi connectivity index (χ1v) is 7.18. The molecule has 0 aliphatic carbocycles. The summed E-state index contributed by atoms with van der Waals surface area (Å²) >= 11 is 0. The van der Waals surface area contributed by atoms with Crippen LogP contribution in [0.5, 0.6) is 0 Å². The van der Waals surface area contributed by atoms with E-state index in [4.69, 9.17) is 5.26 Å². The van der Waals surface area contributed by atoms with Crippen molar-refractivity contribution in [3.8, 4) is 6.07 Å². The van der Waals surface area contributed by atoms with Crippen molar-refractivity contribution in [3.05, 3.63) is 23.9 Å². The van der Waals surface area contributed by atoms with Gasteiger partial charge in [0.15, 0.2) is 0 Å². The Balaban J connectivity index is 2.04. The zero-order valence-electron chi connectivity index (χ0n) is 11.6. The first-order valence-electron chi connectivity index (χ1n) is 7.18. The normalized spacial score (nSPS) is 18.2. The molecule has 1 saturated heterocycles. The molecule has 2 heterocycles. The molecule has 0 amide bonds. The summed E-state index contributed by atoms with van der Waals surface area (Å²) < 4.78 is 0. The van der Waals surface area contributed by atoms with Crippen LogP contribution in [0.2, 0.25) is 0 Å².